The number of hydrogen-bond donors (Lipinski definition) is 2. The first kappa shape index (κ1) is 20.3. The number of hydrogen-bond acceptors (Lipinski definition) is 5. The molecule has 2 heterocycles. The summed E-state index contributed by atoms with van der Waals surface area (Å²) in [6.07, 6.45) is 2.07. The van der Waals surface area contributed by atoms with Crippen molar-refractivity contribution in [3.05, 3.63) is 60.2 Å². The second kappa shape index (κ2) is 10.1. The van der Waals surface area contributed by atoms with Gasteiger partial charge in [-0.15, -0.1) is 0 Å². The number of nitrogens with one attached hydrogen (secondary N) is 2. The minimum atomic E-state index is -0.253. The first-order valence-electron chi connectivity index (χ1n) is 10.4. The largest absolute Gasteiger partial charge is 0.382 e. The standard InChI is InChI=1S/C23H29N3O2S/c27-23(22(18-4-2-1-3-5-18)26-12-16-29-17-13-26)25-20-8-6-19(7-9-20)24-21-10-14-28-15-11-21/h1-9,21-22,24H,10-17H2,(H,25,27). The number of ether oxygens (including phenoxy) is 1. The molecule has 29 heavy (non-hydrogen) atoms. The first-order valence-corrected chi connectivity index (χ1v) is 11.6. The third kappa shape index (κ3) is 5.53. The first-order chi connectivity index (χ1) is 14.3. The predicted molar refractivity (Wildman–Crippen MR) is 121 cm³/mol. The highest BCUT2D eigenvalue weighted by Gasteiger charge is 2.28. The van der Waals surface area contributed by atoms with E-state index in [0.717, 1.165) is 67.6 Å². The van der Waals surface area contributed by atoms with Crippen molar-refractivity contribution in [1.29, 1.82) is 0 Å². The second-order valence-electron chi connectivity index (χ2n) is 7.56. The molecule has 0 aromatic heterocycles. The fourth-order valence-electron chi connectivity index (χ4n) is 3.94. The molecular weight excluding hydrogens is 382 g/mol. The average Bonchev–Trinajstić information content (AvgIpc) is 2.78. The normalized spacial score (nSPS) is 19.4. The minimum absolute atomic E-state index is 0.0354. The molecule has 0 aliphatic carbocycles. The van der Waals surface area contributed by atoms with E-state index in [2.05, 4.69) is 15.5 Å². The molecule has 2 N–H and O–H groups in total. The van der Waals surface area contributed by atoms with Crippen molar-refractivity contribution < 1.29 is 9.53 Å². The highest BCUT2D eigenvalue weighted by Crippen LogP contribution is 2.26. The van der Waals surface area contributed by atoms with Gasteiger partial charge in [0.05, 0.1) is 0 Å². The molecule has 2 aliphatic rings. The van der Waals surface area contributed by atoms with Gasteiger partial charge in [0.15, 0.2) is 0 Å². The van der Waals surface area contributed by atoms with Crippen LogP contribution in [0.2, 0.25) is 0 Å². The van der Waals surface area contributed by atoms with Crippen molar-refractivity contribution in [2.45, 2.75) is 24.9 Å². The Balaban J connectivity index is 1.42. The number of benzene rings is 2. The Morgan fingerprint density at radius 3 is 2.31 bits per heavy atom. The summed E-state index contributed by atoms with van der Waals surface area (Å²) in [5.41, 5.74) is 2.97. The fourth-order valence-corrected chi connectivity index (χ4v) is 4.87. The maximum Gasteiger partial charge on any atom is 0.246 e. The molecule has 0 saturated carbocycles. The topological polar surface area (TPSA) is 53.6 Å². The molecule has 1 unspecified atom stereocenters. The van der Waals surface area contributed by atoms with E-state index in [1.165, 1.54) is 0 Å². The Hall–Kier alpha value is -2.02. The highest BCUT2D eigenvalue weighted by atomic mass is 32.2. The van der Waals surface area contributed by atoms with E-state index in [1.54, 1.807) is 0 Å². The van der Waals surface area contributed by atoms with Gasteiger partial charge in [0, 0.05) is 55.2 Å². The zero-order valence-corrected chi connectivity index (χ0v) is 17.5. The minimum Gasteiger partial charge on any atom is -0.382 e. The maximum absolute atomic E-state index is 13.2. The number of thioether (sulfide) groups is 1. The van der Waals surface area contributed by atoms with E-state index in [9.17, 15) is 4.79 Å². The van der Waals surface area contributed by atoms with Crippen LogP contribution >= 0.6 is 11.8 Å². The Morgan fingerprint density at radius 2 is 1.62 bits per heavy atom. The van der Waals surface area contributed by atoms with Crippen LogP contribution in [0.25, 0.3) is 0 Å². The van der Waals surface area contributed by atoms with Crippen molar-refractivity contribution in [2.75, 3.05) is 48.4 Å². The van der Waals surface area contributed by atoms with Gasteiger partial charge in [0.25, 0.3) is 0 Å². The van der Waals surface area contributed by atoms with Gasteiger partial charge in [-0.1, -0.05) is 30.3 Å². The van der Waals surface area contributed by atoms with Crippen LogP contribution in [-0.2, 0) is 9.53 Å². The van der Waals surface area contributed by atoms with Crippen LogP contribution < -0.4 is 10.6 Å². The summed E-state index contributed by atoms with van der Waals surface area (Å²) in [6, 6.07) is 18.4. The number of carbonyl (C=O) groups excluding carboxylic acids is 1. The molecule has 0 bridgehead atoms. The molecule has 0 spiro atoms. The summed E-state index contributed by atoms with van der Waals surface area (Å²) in [5, 5.41) is 6.69. The predicted octanol–water partition coefficient (Wildman–Crippen LogP) is 4.01. The second-order valence-corrected chi connectivity index (χ2v) is 8.78. The zero-order valence-electron chi connectivity index (χ0n) is 16.7. The quantitative estimate of drug-likeness (QED) is 0.752. The van der Waals surface area contributed by atoms with Gasteiger partial charge in [0.1, 0.15) is 6.04 Å². The smallest absolute Gasteiger partial charge is 0.246 e. The summed E-state index contributed by atoms with van der Waals surface area (Å²) in [5.74, 6) is 2.18. The van der Waals surface area contributed by atoms with Crippen molar-refractivity contribution in [2.24, 2.45) is 0 Å². The van der Waals surface area contributed by atoms with Crippen molar-refractivity contribution >= 4 is 29.0 Å². The van der Waals surface area contributed by atoms with E-state index in [-0.39, 0.29) is 11.9 Å². The van der Waals surface area contributed by atoms with Gasteiger partial charge in [-0.2, -0.15) is 11.8 Å². The lowest BCUT2D eigenvalue weighted by molar-refractivity contribution is -0.121. The highest BCUT2D eigenvalue weighted by molar-refractivity contribution is 7.99. The summed E-state index contributed by atoms with van der Waals surface area (Å²) >= 11 is 1.95. The summed E-state index contributed by atoms with van der Waals surface area (Å²) in [6.45, 7) is 3.51. The van der Waals surface area contributed by atoms with Crippen LogP contribution in [0.1, 0.15) is 24.4 Å². The molecule has 2 aromatic carbocycles. The molecule has 5 nitrogen and oxygen atoms in total. The average molecular weight is 412 g/mol. The lowest BCUT2D eigenvalue weighted by Gasteiger charge is -2.33. The van der Waals surface area contributed by atoms with Crippen LogP contribution in [0.15, 0.2) is 54.6 Å². The molecule has 2 aliphatic heterocycles. The van der Waals surface area contributed by atoms with E-state index in [1.807, 2.05) is 66.4 Å². The summed E-state index contributed by atoms with van der Waals surface area (Å²) in [7, 11) is 0. The molecule has 1 atom stereocenters. The van der Waals surface area contributed by atoms with Crippen LogP contribution in [-0.4, -0.2) is 54.7 Å². The van der Waals surface area contributed by atoms with Crippen LogP contribution in [0, 0.1) is 0 Å². The molecule has 6 heteroatoms. The molecular formula is C23H29N3O2S. The number of rotatable bonds is 6. The number of nitrogens with zero attached hydrogens (tertiary/aromatic N) is 1. The molecule has 2 saturated heterocycles. The lowest BCUT2D eigenvalue weighted by Crippen LogP contribution is -2.41. The Bertz CT molecular complexity index is 772. The third-order valence-corrected chi connectivity index (χ3v) is 6.46. The fraction of sp³-hybridized carbons (Fsp3) is 0.435. The Kier molecular flexibility index (Phi) is 7.09. The Labute approximate surface area is 177 Å². The van der Waals surface area contributed by atoms with Crippen LogP contribution in [0.3, 0.4) is 0 Å². The van der Waals surface area contributed by atoms with Gasteiger partial charge in [-0.05, 0) is 42.7 Å². The SMILES string of the molecule is O=C(Nc1ccc(NC2CCOCC2)cc1)C(c1ccccc1)N1CCSCC1. The van der Waals surface area contributed by atoms with Gasteiger partial charge in [-0.3, -0.25) is 9.69 Å². The Morgan fingerprint density at radius 1 is 0.966 bits per heavy atom. The summed E-state index contributed by atoms with van der Waals surface area (Å²) in [4.78, 5) is 15.5. The van der Waals surface area contributed by atoms with E-state index >= 15 is 0 Å². The van der Waals surface area contributed by atoms with Crippen molar-refractivity contribution in [1.82, 2.24) is 4.90 Å². The zero-order chi connectivity index (χ0) is 19.9. The van der Waals surface area contributed by atoms with Gasteiger partial charge in [-0.25, -0.2) is 0 Å². The molecule has 4 rings (SSSR count). The molecule has 154 valence electrons. The number of amides is 1. The third-order valence-electron chi connectivity index (χ3n) is 5.52. The van der Waals surface area contributed by atoms with Crippen molar-refractivity contribution in [3.8, 4) is 0 Å². The maximum atomic E-state index is 13.2. The molecule has 0 radical (unpaired) electrons. The number of anilines is 2. The van der Waals surface area contributed by atoms with E-state index < -0.39 is 0 Å². The van der Waals surface area contributed by atoms with Crippen molar-refractivity contribution in [3.63, 3.8) is 0 Å². The molecule has 2 fully saturated rings. The van der Waals surface area contributed by atoms with Crippen LogP contribution in [0.4, 0.5) is 11.4 Å². The van der Waals surface area contributed by atoms with Gasteiger partial charge in [0.2, 0.25) is 5.91 Å². The van der Waals surface area contributed by atoms with Gasteiger partial charge >= 0.3 is 0 Å². The van der Waals surface area contributed by atoms with E-state index in [0.29, 0.717) is 6.04 Å². The summed E-state index contributed by atoms with van der Waals surface area (Å²) < 4.78 is 5.42. The van der Waals surface area contributed by atoms with Crippen LogP contribution in [0.5, 0.6) is 0 Å². The van der Waals surface area contributed by atoms with Gasteiger partial charge < -0.3 is 15.4 Å². The number of carbonyl (C=O) groups is 1. The lowest BCUT2D eigenvalue weighted by atomic mass is 10.0. The monoisotopic (exact) mass is 411 g/mol. The molecule has 1 amide bonds. The molecule has 2 aromatic rings. The van der Waals surface area contributed by atoms with E-state index in [4.69, 9.17) is 4.74 Å².